The van der Waals surface area contributed by atoms with Gasteiger partial charge in [-0.1, -0.05) is 12.1 Å². The van der Waals surface area contributed by atoms with Crippen molar-refractivity contribution in [2.24, 2.45) is 23.2 Å². The van der Waals surface area contributed by atoms with Gasteiger partial charge < -0.3 is 14.5 Å². The average Bonchev–Trinajstić information content (AvgIpc) is 3.21. The van der Waals surface area contributed by atoms with E-state index in [-0.39, 0.29) is 17.4 Å². The van der Waals surface area contributed by atoms with E-state index in [9.17, 15) is 9.59 Å². The van der Waals surface area contributed by atoms with Gasteiger partial charge in [-0.2, -0.15) is 0 Å². The van der Waals surface area contributed by atoms with E-state index in [1.165, 1.54) is 19.3 Å². The van der Waals surface area contributed by atoms with E-state index in [0.29, 0.717) is 12.5 Å². The summed E-state index contributed by atoms with van der Waals surface area (Å²) in [4.78, 5) is 30.9. The van der Waals surface area contributed by atoms with Crippen LogP contribution < -0.4 is 4.74 Å². The molecule has 2 amide bonds. The normalized spacial score (nSPS) is 34.3. The maximum atomic E-state index is 13.8. The molecule has 1 atom stereocenters. The van der Waals surface area contributed by atoms with Crippen molar-refractivity contribution in [3.05, 3.63) is 29.8 Å². The molecule has 0 N–H and O–H groups in total. The summed E-state index contributed by atoms with van der Waals surface area (Å²) in [6.07, 6.45) is 8.91. The lowest BCUT2D eigenvalue weighted by molar-refractivity contribution is -0.161. The monoisotopic (exact) mass is 410 g/mol. The molecule has 0 aromatic heterocycles. The van der Waals surface area contributed by atoms with Gasteiger partial charge in [0.1, 0.15) is 11.8 Å². The Morgan fingerprint density at radius 2 is 1.80 bits per heavy atom. The number of carbonyl (C=O) groups is 2. The first-order valence-electron chi connectivity index (χ1n) is 11.7. The highest BCUT2D eigenvalue weighted by atomic mass is 16.5. The number of likely N-dealkylation sites (tertiary alicyclic amines) is 1. The molecular formula is C25H34N2O3. The van der Waals surface area contributed by atoms with Crippen molar-refractivity contribution in [3.8, 4) is 5.75 Å². The second-order valence-electron chi connectivity index (χ2n) is 10.4. The Labute approximate surface area is 179 Å². The molecule has 0 spiro atoms. The number of nitrogens with zero attached hydrogens (tertiary/aromatic N) is 2. The van der Waals surface area contributed by atoms with Crippen molar-refractivity contribution < 1.29 is 14.3 Å². The third-order valence-corrected chi connectivity index (χ3v) is 8.22. The van der Waals surface area contributed by atoms with Gasteiger partial charge in [0.05, 0.1) is 12.5 Å². The molecule has 5 fully saturated rings. The summed E-state index contributed by atoms with van der Waals surface area (Å²) in [6.45, 7) is 1.27. The first kappa shape index (κ1) is 19.9. The fourth-order valence-electron chi connectivity index (χ4n) is 7.32. The summed E-state index contributed by atoms with van der Waals surface area (Å²) < 4.78 is 5.31. The standard InChI is InChI=1S/C25H34N2O3/c1-26(16-17-5-3-6-21(12-17)30-2)23(28)22-7-4-8-27(22)24(29)25-13-18-9-19(14-25)11-20(10-18)15-25/h3,5-6,12,18-20,22H,4,7-11,13-16H2,1-2H3. The van der Waals surface area contributed by atoms with Crippen molar-refractivity contribution in [2.75, 3.05) is 20.7 Å². The molecule has 4 bridgehead atoms. The topological polar surface area (TPSA) is 49.9 Å². The minimum Gasteiger partial charge on any atom is -0.497 e. The van der Waals surface area contributed by atoms with Gasteiger partial charge in [0.25, 0.3) is 0 Å². The van der Waals surface area contributed by atoms with E-state index in [1.807, 2.05) is 36.2 Å². The molecule has 1 saturated heterocycles. The number of amides is 2. The largest absolute Gasteiger partial charge is 0.497 e. The van der Waals surface area contributed by atoms with E-state index in [0.717, 1.165) is 67.7 Å². The van der Waals surface area contributed by atoms with Crippen LogP contribution in [0, 0.1) is 23.2 Å². The van der Waals surface area contributed by atoms with Crippen LogP contribution >= 0.6 is 0 Å². The van der Waals surface area contributed by atoms with Crippen LogP contribution in [-0.4, -0.2) is 48.4 Å². The molecule has 5 heteroatoms. The van der Waals surface area contributed by atoms with E-state index < -0.39 is 0 Å². The molecule has 1 aromatic rings. The molecular weight excluding hydrogens is 376 g/mol. The smallest absolute Gasteiger partial charge is 0.245 e. The van der Waals surface area contributed by atoms with Gasteiger partial charge >= 0.3 is 0 Å². The molecule has 5 aliphatic rings. The molecule has 162 valence electrons. The third-order valence-electron chi connectivity index (χ3n) is 8.22. The molecule has 0 radical (unpaired) electrons. The summed E-state index contributed by atoms with van der Waals surface area (Å²) in [5.74, 6) is 3.40. The molecule has 1 aliphatic heterocycles. The number of hydrogen-bond acceptors (Lipinski definition) is 3. The zero-order chi connectivity index (χ0) is 20.9. The van der Waals surface area contributed by atoms with Crippen LogP contribution in [0.5, 0.6) is 5.75 Å². The predicted molar refractivity (Wildman–Crippen MR) is 115 cm³/mol. The summed E-state index contributed by atoms with van der Waals surface area (Å²) in [7, 11) is 3.51. The maximum absolute atomic E-state index is 13.8. The SMILES string of the molecule is COc1cccc(CN(C)C(=O)C2CCCN2C(=O)C23CC4CC(CC(C4)C2)C3)c1. The summed E-state index contributed by atoms with van der Waals surface area (Å²) in [6, 6.07) is 7.55. The predicted octanol–water partition coefficient (Wildman–Crippen LogP) is 3.86. The van der Waals surface area contributed by atoms with Gasteiger partial charge in [0, 0.05) is 20.1 Å². The fraction of sp³-hybridized carbons (Fsp3) is 0.680. The first-order chi connectivity index (χ1) is 14.5. The Morgan fingerprint density at radius 3 is 2.43 bits per heavy atom. The van der Waals surface area contributed by atoms with Crippen LogP contribution in [0.4, 0.5) is 0 Å². The third kappa shape index (κ3) is 3.40. The molecule has 4 aliphatic carbocycles. The van der Waals surface area contributed by atoms with E-state index >= 15 is 0 Å². The van der Waals surface area contributed by atoms with E-state index in [2.05, 4.69) is 0 Å². The van der Waals surface area contributed by atoms with Gasteiger partial charge in [0.15, 0.2) is 0 Å². The second-order valence-corrected chi connectivity index (χ2v) is 10.4. The number of carbonyl (C=O) groups excluding carboxylic acids is 2. The summed E-state index contributed by atoms with van der Waals surface area (Å²) in [5, 5.41) is 0. The summed E-state index contributed by atoms with van der Waals surface area (Å²) >= 11 is 0. The Hall–Kier alpha value is -2.04. The Morgan fingerprint density at radius 1 is 1.13 bits per heavy atom. The molecule has 6 rings (SSSR count). The van der Waals surface area contributed by atoms with Crippen molar-refractivity contribution in [2.45, 2.75) is 64.0 Å². The molecule has 1 aromatic carbocycles. The Kier molecular flexibility index (Phi) is 5.03. The quantitative estimate of drug-likeness (QED) is 0.741. The molecule has 5 nitrogen and oxygen atoms in total. The lowest BCUT2D eigenvalue weighted by Crippen LogP contribution is -2.57. The lowest BCUT2D eigenvalue weighted by atomic mass is 9.49. The second kappa shape index (κ2) is 7.58. The van der Waals surface area contributed by atoms with E-state index in [1.54, 1.807) is 12.0 Å². The van der Waals surface area contributed by atoms with Crippen LogP contribution in [-0.2, 0) is 16.1 Å². The zero-order valence-corrected chi connectivity index (χ0v) is 18.3. The van der Waals surface area contributed by atoms with Crippen molar-refractivity contribution in [1.82, 2.24) is 9.80 Å². The lowest BCUT2D eigenvalue weighted by Gasteiger charge is -2.56. The van der Waals surface area contributed by atoms with Crippen LogP contribution in [0.1, 0.15) is 56.9 Å². The molecule has 30 heavy (non-hydrogen) atoms. The Balaban J connectivity index is 1.29. The number of likely N-dealkylation sites (N-methyl/N-ethyl adjacent to an activating group) is 1. The van der Waals surface area contributed by atoms with Crippen molar-refractivity contribution in [3.63, 3.8) is 0 Å². The van der Waals surface area contributed by atoms with Crippen molar-refractivity contribution in [1.29, 1.82) is 0 Å². The number of hydrogen-bond donors (Lipinski definition) is 0. The minimum atomic E-state index is -0.291. The van der Waals surface area contributed by atoms with Gasteiger partial charge in [-0.05, 0) is 86.8 Å². The first-order valence-corrected chi connectivity index (χ1v) is 11.7. The van der Waals surface area contributed by atoms with Crippen LogP contribution in [0.2, 0.25) is 0 Å². The molecule has 4 saturated carbocycles. The highest BCUT2D eigenvalue weighted by Crippen LogP contribution is 2.60. The minimum absolute atomic E-state index is 0.0772. The fourth-order valence-corrected chi connectivity index (χ4v) is 7.32. The average molecular weight is 411 g/mol. The van der Waals surface area contributed by atoms with Gasteiger partial charge in [-0.15, -0.1) is 0 Å². The number of rotatable bonds is 5. The number of ether oxygens (including phenoxy) is 1. The molecule has 1 unspecified atom stereocenters. The van der Waals surface area contributed by atoms with Crippen molar-refractivity contribution >= 4 is 11.8 Å². The van der Waals surface area contributed by atoms with Crippen LogP contribution in [0.15, 0.2) is 24.3 Å². The number of methoxy groups -OCH3 is 1. The van der Waals surface area contributed by atoms with Crippen LogP contribution in [0.25, 0.3) is 0 Å². The summed E-state index contributed by atoms with van der Waals surface area (Å²) in [5.41, 5.74) is 0.880. The zero-order valence-electron chi connectivity index (χ0n) is 18.3. The Bertz CT molecular complexity index is 800. The highest BCUT2D eigenvalue weighted by molar-refractivity contribution is 5.91. The van der Waals surface area contributed by atoms with Gasteiger partial charge in [-0.25, -0.2) is 0 Å². The molecule has 1 heterocycles. The van der Waals surface area contributed by atoms with Gasteiger partial charge in [0.2, 0.25) is 11.8 Å². The maximum Gasteiger partial charge on any atom is 0.245 e. The van der Waals surface area contributed by atoms with E-state index in [4.69, 9.17) is 4.74 Å². The highest BCUT2D eigenvalue weighted by Gasteiger charge is 2.56. The number of benzene rings is 1. The van der Waals surface area contributed by atoms with Crippen LogP contribution in [0.3, 0.4) is 0 Å². The van der Waals surface area contributed by atoms with Gasteiger partial charge in [-0.3, -0.25) is 9.59 Å².